The van der Waals surface area contributed by atoms with E-state index < -0.39 is 16.0 Å². The number of nitrogens with one attached hydrogen (secondary N) is 1. The standard InChI is InChI=1S/C11H16N2O5S2/c14-11(15)9-6-19-10(13-9)3-4-12-20(16,17)7-8-2-1-5-18-8/h6,8,12H,1-5,7H2,(H,14,15). The zero-order chi connectivity index (χ0) is 14.6. The minimum absolute atomic E-state index is 0.00721. The molecule has 0 amide bonds. The summed E-state index contributed by atoms with van der Waals surface area (Å²) in [5, 5.41) is 10.8. The fourth-order valence-corrected chi connectivity index (χ4v) is 3.97. The van der Waals surface area contributed by atoms with E-state index in [2.05, 4.69) is 9.71 Å². The molecule has 2 heterocycles. The number of aromatic carboxylic acids is 1. The lowest BCUT2D eigenvalue weighted by atomic mass is 10.3. The molecule has 1 unspecified atom stereocenters. The van der Waals surface area contributed by atoms with Crippen molar-refractivity contribution in [2.75, 3.05) is 18.9 Å². The van der Waals surface area contributed by atoms with Gasteiger partial charge in [0.25, 0.3) is 0 Å². The van der Waals surface area contributed by atoms with E-state index in [9.17, 15) is 13.2 Å². The number of hydrogen-bond donors (Lipinski definition) is 2. The Hall–Kier alpha value is -1.03. The number of ether oxygens (including phenoxy) is 1. The van der Waals surface area contributed by atoms with Gasteiger partial charge in [0, 0.05) is 25.0 Å². The third kappa shape index (κ3) is 4.51. The number of sulfonamides is 1. The Morgan fingerprint density at radius 2 is 2.40 bits per heavy atom. The van der Waals surface area contributed by atoms with Crippen molar-refractivity contribution in [1.29, 1.82) is 0 Å². The first-order valence-electron chi connectivity index (χ1n) is 6.23. The lowest BCUT2D eigenvalue weighted by molar-refractivity contribution is 0.0691. The summed E-state index contributed by atoms with van der Waals surface area (Å²) in [6, 6.07) is 0. The molecular formula is C11H16N2O5S2. The first kappa shape index (κ1) is 15.4. The van der Waals surface area contributed by atoms with Crippen molar-refractivity contribution in [3.63, 3.8) is 0 Å². The predicted molar refractivity (Wildman–Crippen MR) is 73.5 cm³/mol. The predicted octanol–water partition coefficient (Wildman–Crippen LogP) is 0.482. The normalized spacial score (nSPS) is 19.3. The molecule has 0 radical (unpaired) electrons. The second kappa shape index (κ2) is 6.61. The van der Waals surface area contributed by atoms with Gasteiger partial charge in [0.05, 0.1) is 16.9 Å². The van der Waals surface area contributed by atoms with Crippen LogP contribution in [0.15, 0.2) is 5.38 Å². The highest BCUT2D eigenvalue weighted by atomic mass is 32.2. The topological polar surface area (TPSA) is 106 Å². The quantitative estimate of drug-likeness (QED) is 0.757. The summed E-state index contributed by atoms with van der Waals surface area (Å²) in [5.74, 6) is -1.10. The zero-order valence-electron chi connectivity index (χ0n) is 10.7. The summed E-state index contributed by atoms with van der Waals surface area (Å²) in [6.07, 6.45) is 1.83. The maximum absolute atomic E-state index is 11.8. The highest BCUT2D eigenvalue weighted by molar-refractivity contribution is 7.89. The molecule has 1 aromatic heterocycles. The zero-order valence-corrected chi connectivity index (χ0v) is 12.4. The van der Waals surface area contributed by atoms with Gasteiger partial charge in [-0.2, -0.15) is 0 Å². The van der Waals surface area contributed by atoms with Gasteiger partial charge >= 0.3 is 5.97 Å². The van der Waals surface area contributed by atoms with Gasteiger partial charge in [-0.15, -0.1) is 11.3 Å². The molecule has 0 saturated carbocycles. The van der Waals surface area contributed by atoms with Gasteiger partial charge in [0.2, 0.25) is 10.0 Å². The van der Waals surface area contributed by atoms with Crippen molar-refractivity contribution in [3.8, 4) is 0 Å². The number of aromatic nitrogens is 1. The molecule has 1 fully saturated rings. The second-order valence-corrected chi connectivity index (χ2v) is 7.29. The molecule has 0 bridgehead atoms. The Kier molecular flexibility index (Phi) is 5.08. The smallest absolute Gasteiger partial charge is 0.355 e. The van der Waals surface area contributed by atoms with Gasteiger partial charge < -0.3 is 9.84 Å². The summed E-state index contributed by atoms with van der Waals surface area (Å²) in [6.45, 7) is 0.832. The average molecular weight is 320 g/mol. The molecule has 2 N–H and O–H groups in total. The van der Waals surface area contributed by atoms with Crippen LogP contribution < -0.4 is 4.72 Å². The van der Waals surface area contributed by atoms with Crippen LogP contribution in [0.4, 0.5) is 0 Å². The van der Waals surface area contributed by atoms with Crippen molar-refractivity contribution in [1.82, 2.24) is 9.71 Å². The fourth-order valence-electron chi connectivity index (χ4n) is 1.92. The van der Waals surface area contributed by atoms with Gasteiger partial charge in [-0.3, -0.25) is 0 Å². The van der Waals surface area contributed by atoms with E-state index in [1.807, 2.05) is 0 Å². The number of thiazole rings is 1. The molecule has 1 aliphatic rings. The molecule has 1 saturated heterocycles. The summed E-state index contributed by atoms with van der Waals surface area (Å²) in [7, 11) is -3.36. The van der Waals surface area contributed by atoms with E-state index in [0.29, 0.717) is 18.0 Å². The average Bonchev–Trinajstić information content (AvgIpc) is 2.99. The monoisotopic (exact) mass is 320 g/mol. The first-order chi connectivity index (χ1) is 9.46. The molecule has 2 rings (SSSR count). The molecule has 20 heavy (non-hydrogen) atoms. The van der Waals surface area contributed by atoms with Crippen molar-refractivity contribution in [2.24, 2.45) is 0 Å². The number of nitrogens with zero attached hydrogens (tertiary/aromatic N) is 1. The molecule has 1 aliphatic heterocycles. The number of carboxylic acid groups (broad SMARTS) is 1. The number of carbonyl (C=O) groups is 1. The molecule has 112 valence electrons. The van der Waals surface area contributed by atoms with Crippen LogP contribution in [0.1, 0.15) is 28.3 Å². The van der Waals surface area contributed by atoms with Crippen molar-refractivity contribution < 1.29 is 23.1 Å². The van der Waals surface area contributed by atoms with E-state index in [1.54, 1.807) is 0 Å². The molecule has 9 heteroatoms. The van der Waals surface area contributed by atoms with E-state index in [0.717, 1.165) is 12.8 Å². The first-order valence-corrected chi connectivity index (χ1v) is 8.76. The van der Waals surface area contributed by atoms with Crippen LogP contribution in [-0.2, 0) is 21.2 Å². The van der Waals surface area contributed by atoms with Gasteiger partial charge in [0.15, 0.2) is 5.69 Å². The molecule has 7 nitrogen and oxygen atoms in total. The highest BCUT2D eigenvalue weighted by Crippen LogP contribution is 2.14. The molecule has 0 aromatic carbocycles. The van der Waals surface area contributed by atoms with Crippen molar-refractivity contribution in [3.05, 3.63) is 16.1 Å². The van der Waals surface area contributed by atoms with Crippen LogP contribution in [0.25, 0.3) is 0 Å². The van der Waals surface area contributed by atoms with Crippen molar-refractivity contribution >= 4 is 27.3 Å². The number of carboxylic acids is 1. The van der Waals surface area contributed by atoms with Gasteiger partial charge in [-0.25, -0.2) is 22.9 Å². The van der Waals surface area contributed by atoms with Gasteiger partial charge in [-0.05, 0) is 12.8 Å². The largest absolute Gasteiger partial charge is 0.476 e. The lowest BCUT2D eigenvalue weighted by Crippen LogP contribution is -2.33. The van der Waals surface area contributed by atoms with E-state index in [-0.39, 0.29) is 24.1 Å². The van der Waals surface area contributed by atoms with Crippen LogP contribution in [-0.4, -0.2) is 49.5 Å². The summed E-state index contributed by atoms with van der Waals surface area (Å²) >= 11 is 1.21. The minimum atomic E-state index is -3.36. The number of hydrogen-bond acceptors (Lipinski definition) is 6. The van der Waals surface area contributed by atoms with E-state index in [4.69, 9.17) is 9.84 Å². The third-order valence-corrected chi connectivity index (χ3v) is 5.22. The molecular weight excluding hydrogens is 304 g/mol. The minimum Gasteiger partial charge on any atom is -0.476 e. The Morgan fingerprint density at radius 1 is 1.60 bits per heavy atom. The van der Waals surface area contributed by atoms with Crippen LogP contribution >= 0.6 is 11.3 Å². The van der Waals surface area contributed by atoms with E-state index >= 15 is 0 Å². The van der Waals surface area contributed by atoms with Crippen LogP contribution in [0.3, 0.4) is 0 Å². The van der Waals surface area contributed by atoms with Crippen LogP contribution in [0.5, 0.6) is 0 Å². The highest BCUT2D eigenvalue weighted by Gasteiger charge is 2.22. The maximum Gasteiger partial charge on any atom is 0.355 e. The van der Waals surface area contributed by atoms with Crippen LogP contribution in [0, 0.1) is 0 Å². The fraction of sp³-hybridized carbons (Fsp3) is 0.636. The Bertz CT molecular complexity index is 563. The Labute approximate surface area is 121 Å². The Morgan fingerprint density at radius 3 is 3.00 bits per heavy atom. The molecule has 1 aromatic rings. The molecule has 0 aliphatic carbocycles. The number of rotatable bonds is 7. The van der Waals surface area contributed by atoms with Crippen LogP contribution in [0.2, 0.25) is 0 Å². The maximum atomic E-state index is 11.8. The lowest BCUT2D eigenvalue weighted by Gasteiger charge is -2.10. The van der Waals surface area contributed by atoms with Gasteiger partial charge in [0.1, 0.15) is 0 Å². The second-order valence-electron chi connectivity index (χ2n) is 4.49. The summed E-state index contributed by atoms with van der Waals surface area (Å²) in [5.41, 5.74) is -0.00721. The van der Waals surface area contributed by atoms with E-state index in [1.165, 1.54) is 16.7 Å². The van der Waals surface area contributed by atoms with Gasteiger partial charge in [-0.1, -0.05) is 0 Å². The Balaban J connectivity index is 1.77. The SMILES string of the molecule is O=C(O)c1csc(CCNS(=O)(=O)CC2CCCO2)n1. The summed E-state index contributed by atoms with van der Waals surface area (Å²) < 4.78 is 31.3. The molecule has 1 atom stereocenters. The molecule has 0 spiro atoms. The third-order valence-electron chi connectivity index (χ3n) is 2.86. The van der Waals surface area contributed by atoms with Crippen molar-refractivity contribution in [2.45, 2.75) is 25.4 Å². The summed E-state index contributed by atoms with van der Waals surface area (Å²) in [4.78, 5) is 14.6.